The molecule has 0 aromatic heterocycles. The van der Waals surface area contributed by atoms with Gasteiger partial charge in [0, 0.05) is 26.2 Å². The van der Waals surface area contributed by atoms with Crippen molar-refractivity contribution in [1.29, 1.82) is 0 Å². The highest BCUT2D eigenvalue weighted by molar-refractivity contribution is 5.29. The molecule has 1 aromatic rings. The third-order valence-corrected chi connectivity index (χ3v) is 6.21. The van der Waals surface area contributed by atoms with Gasteiger partial charge >= 0.3 is 0 Å². The number of hydrogen-bond acceptors (Lipinski definition) is 3. The highest BCUT2D eigenvalue weighted by Gasteiger charge is 2.39. The van der Waals surface area contributed by atoms with Crippen molar-refractivity contribution < 1.29 is 9.84 Å². The maximum atomic E-state index is 10.3. The molecular weight excluding hydrogens is 286 g/mol. The number of aliphatic hydroxyl groups excluding tert-OH is 1. The van der Waals surface area contributed by atoms with Gasteiger partial charge in [-0.15, -0.1) is 0 Å². The molecule has 3 heteroatoms. The Labute approximate surface area is 139 Å². The molecule has 0 amide bonds. The van der Waals surface area contributed by atoms with Gasteiger partial charge in [-0.25, -0.2) is 0 Å². The fraction of sp³-hybridized carbons (Fsp3) is 0.700. The Morgan fingerprint density at radius 3 is 2.83 bits per heavy atom. The van der Waals surface area contributed by atoms with Gasteiger partial charge in [-0.3, -0.25) is 4.90 Å². The van der Waals surface area contributed by atoms with E-state index in [2.05, 4.69) is 29.2 Å². The zero-order valence-electron chi connectivity index (χ0n) is 14.0. The normalized spacial score (nSPS) is 31.3. The Bertz CT molecular complexity index is 532. The van der Waals surface area contributed by atoms with E-state index in [1.54, 1.807) is 0 Å². The van der Waals surface area contributed by atoms with Crippen molar-refractivity contribution in [3.63, 3.8) is 0 Å². The molecule has 3 nitrogen and oxygen atoms in total. The molecule has 1 heterocycles. The molecule has 126 valence electrons. The molecule has 0 saturated heterocycles. The van der Waals surface area contributed by atoms with Gasteiger partial charge in [0.2, 0.25) is 0 Å². The van der Waals surface area contributed by atoms with Gasteiger partial charge in [-0.05, 0) is 54.6 Å². The van der Waals surface area contributed by atoms with Crippen LogP contribution in [0.25, 0.3) is 0 Å². The highest BCUT2D eigenvalue weighted by atomic mass is 16.5. The smallest absolute Gasteiger partial charge is 0.0900 e. The van der Waals surface area contributed by atoms with E-state index < -0.39 is 0 Å². The Kier molecular flexibility index (Phi) is 4.70. The number of benzene rings is 1. The maximum Gasteiger partial charge on any atom is 0.0900 e. The van der Waals surface area contributed by atoms with Crippen molar-refractivity contribution in [3.8, 4) is 0 Å². The zero-order valence-corrected chi connectivity index (χ0v) is 14.0. The van der Waals surface area contributed by atoms with Gasteiger partial charge in [0.05, 0.1) is 12.7 Å². The lowest BCUT2D eigenvalue weighted by atomic mass is 9.90. The summed E-state index contributed by atoms with van der Waals surface area (Å²) in [6, 6.07) is 8.66. The van der Waals surface area contributed by atoms with E-state index in [1.807, 2.05) is 0 Å². The second kappa shape index (κ2) is 6.92. The van der Waals surface area contributed by atoms with Crippen LogP contribution in [0.15, 0.2) is 24.3 Å². The lowest BCUT2D eigenvalue weighted by molar-refractivity contribution is -0.00387. The van der Waals surface area contributed by atoms with E-state index in [9.17, 15) is 5.11 Å². The first kappa shape index (κ1) is 15.6. The van der Waals surface area contributed by atoms with Crippen LogP contribution in [0.5, 0.6) is 0 Å². The summed E-state index contributed by atoms with van der Waals surface area (Å²) >= 11 is 0. The first-order valence-corrected chi connectivity index (χ1v) is 9.33. The third-order valence-electron chi connectivity index (χ3n) is 6.21. The van der Waals surface area contributed by atoms with Gasteiger partial charge in [-0.2, -0.15) is 0 Å². The Morgan fingerprint density at radius 2 is 2.04 bits per heavy atom. The Morgan fingerprint density at radius 1 is 1.17 bits per heavy atom. The molecular formula is C20H29NO2. The number of fused-ring (bicyclic) bond motifs is 3. The molecule has 4 rings (SSSR count). The van der Waals surface area contributed by atoms with Crippen LogP contribution in [-0.2, 0) is 17.7 Å². The van der Waals surface area contributed by atoms with E-state index in [1.165, 1.54) is 36.8 Å². The quantitative estimate of drug-likeness (QED) is 0.876. The summed E-state index contributed by atoms with van der Waals surface area (Å²) in [5, 5.41) is 10.3. The van der Waals surface area contributed by atoms with Crippen LogP contribution >= 0.6 is 0 Å². The fourth-order valence-corrected chi connectivity index (χ4v) is 5.00. The van der Waals surface area contributed by atoms with Crippen LogP contribution in [-0.4, -0.2) is 42.4 Å². The van der Waals surface area contributed by atoms with Crippen molar-refractivity contribution in [1.82, 2.24) is 4.90 Å². The van der Waals surface area contributed by atoms with Gasteiger partial charge < -0.3 is 9.84 Å². The van der Waals surface area contributed by atoms with E-state index in [-0.39, 0.29) is 6.10 Å². The van der Waals surface area contributed by atoms with Crippen molar-refractivity contribution in [2.75, 3.05) is 26.3 Å². The number of β-amino-alcohol motifs (C(OH)–C–C–N with tert-alkyl or cyclic N) is 1. The molecule has 0 unspecified atom stereocenters. The Hall–Kier alpha value is -0.900. The minimum Gasteiger partial charge on any atom is -0.389 e. The van der Waals surface area contributed by atoms with E-state index in [0.29, 0.717) is 6.61 Å². The third kappa shape index (κ3) is 3.62. The van der Waals surface area contributed by atoms with Crippen LogP contribution in [0, 0.1) is 17.8 Å². The summed E-state index contributed by atoms with van der Waals surface area (Å²) in [4.78, 5) is 2.36. The summed E-state index contributed by atoms with van der Waals surface area (Å²) in [5.74, 6) is 2.66. The summed E-state index contributed by atoms with van der Waals surface area (Å²) < 4.78 is 5.87. The number of ether oxygens (including phenoxy) is 1. The van der Waals surface area contributed by atoms with Gasteiger partial charge in [-0.1, -0.05) is 30.7 Å². The molecule has 1 N–H and O–H groups in total. The van der Waals surface area contributed by atoms with Crippen molar-refractivity contribution in [2.24, 2.45) is 17.8 Å². The molecule has 4 atom stereocenters. The molecule has 2 bridgehead atoms. The summed E-state index contributed by atoms with van der Waals surface area (Å²) in [6.07, 6.45) is 6.38. The van der Waals surface area contributed by atoms with Crippen molar-refractivity contribution in [2.45, 2.75) is 44.8 Å². The standard InChI is InChI=1S/C20H29NO2/c22-20(14-23-13-19-10-15-5-6-17(19)9-15)12-21-8-7-16-3-1-2-4-18(16)11-21/h1-4,15,17,19-20,22H,5-14H2/t15-,17-,19+,20-/m1/s1. The zero-order chi connectivity index (χ0) is 15.6. The second-order valence-corrected chi connectivity index (χ2v) is 7.88. The topological polar surface area (TPSA) is 32.7 Å². The summed E-state index contributed by atoms with van der Waals surface area (Å²) in [6.45, 7) is 4.08. The number of hydrogen-bond donors (Lipinski definition) is 1. The largest absolute Gasteiger partial charge is 0.389 e. The summed E-state index contributed by atoms with van der Waals surface area (Å²) in [5.41, 5.74) is 2.87. The fourth-order valence-electron chi connectivity index (χ4n) is 5.00. The first-order chi connectivity index (χ1) is 11.3. The van der Waals surface area contributed by atoms with Gasteiger partial charge in [0.15, 0.2) is 0 Å². The molecule has 2 saturated carbocycles. The van der Waals surface area contributed by atoms with Crippen LogP contribution in [0.2, 0.25) is 0 Å². The second-order valence-electron chi connectivity index (χ2n) is 7.88. The highest BCUT2D eigenvalue weighted by Crippen LogP contribution is 2.48. The SMILES string of the molecule is O[C@@H](COC[C@@H]1C[C@@H]2CC[C@@H]1C2)CN1CCc2ccccc2C1. The molecule has 1 aliphatic heterocycles. The van der Waals surface area contributed by atoms with Crippen LogP contribution < -0.4 is 0 Å². The molecule has 2 aliphatic carbocycles. The molecule has 0 spiro atoms. The molecule has 0 radical (unpaired) electrons. The van der Waals surface area contributed by atoms with E-state index >= 15 is 0 Å². The molecule has 1 aromatic carbocycles. The van der Waals surface area contributed by atoms with Gasteiger partial charge in [0.25, 0.3) is 0 Å². The van der Waals surface area contributed by atoms with Crippen LogP contribution in [0.3, 0.4) is 0 Å². The lowest BCUT2D eigenvalue weighted by Crippen LogP contribution is -2.38. The van der Waals surface area contributed by atoms with Crippen molar-refractivity contribution >= 4 is 0 Å². The molecule has 2 fully saturated rings. The average Bonchev–Trinajstić information content (AvgIpc) is 3.18. The number of aliphatic hydroxyl groups is 1. The van der Waals surface area contributed by atoms with Gasteiger partial charge in [0.1, 0.15) is 0 Å². The summed E-state index contributed by atoms with van der Waals surface area (Å²) in [7, 11) is 0. The predicted molar refractivity (Wildman–Crippen MR) is 91.2 cm³/mol. The molecule has 3 aliphatic rings. The predicted octanol–water partition coefficient (Wildman–Crippen LogP) is 2.86. The number of nitrogens with zero attached hydrogens (tertiary/aromatic N) is 1. The maximum absolute atomic E-state index is 10.3. The minimum atomic E-state index is -0.362. The van der Waals surface area contributed by atoms with E-state index in [0.717, 1.165) is 50.4 Å². The lowest BCUT2D eigenvalue weighted by Gasteiger charge is -2.30. The first-order valence-electron chi connectivity index (χ1n) is 9.33. The van der Waals surface area contributed by atoms with Crippen LogP contribution in [0.1, 0.15) is 36.8 Å². The van der Waals surface area contributed by atoms with Crippen LogP contribution in [0.4, 0.5) is 0 Å². The average molecular weight is 315 g/mol. The molecule has 23 heavy (non-hydrogen) atoms. The minimum absolute atomic E-state index is 0.362. The monoisotopic (exact) mass is 315 g/mol. The van der Waals surface area contributed by atoms with E-state index in [4.69, 9.17) is 4.74 Å². The Balaban J connectivity index is 1.18. The number of rotatable bonds is 6. The van der Waals surface area contributed by atoms with Crippen molar-refractivity contribution in [3.05, 3.63) is 35.4 Å².